The number of furan rings is 1. The van der Waals surface area contributed by atoms with E-state index in [9.17, 15) is 14.4 Å². The van der Waals surface area contributed by atoms with E-state index in [-0.39, 0.29) is 40.8 Å². The molecule has 6 nitrogen and oxygen atoms in total. The predicted octanol–water partition coefficient (Wildman–Crippen LogP) is 2.95. The van der Waals surface area contributed by atoms with Gasteiger partial charge >= 0.3 is 5.97 Å². The number of fused-ring (bicyclic) bond motifs is 1. The van der Waals surface area contributed by atoms with E-state index < -0.39 is 5.97 Å². The molecule has 6 heteroatoms. The lowest BCUT2D eigenvalue weighted by molar-refractivity contribution is -0.122. The normalized spacial score (nSPS) is 22.2. The van der Waals surface area contributed by atoms with Crippen LogP contribution < -0.4 is 9.64 Å². The van der Waals surface area contributed by atoms with Gasteiger partial charge < -0.3 is 9.15 Å². The Morgan fingerprint density at radius 1 is 1.00 bits per heavy atom. The first-order chi connectivity index (χ1) is 12.2. The Labute approximate surface area is 143 Å². The second-order valence-electron chi connectivity index (χ2n) is 6.00. The fourth-order valence-electron chi connectivity index (χ4n) is 3.31. The van der Waals surface area contributed by atoms with Crippen molar-refractivity contribution < 1.29 is 23.5 Å². The Kier molecular flexibility index (Phi) is 3.72. The number of anilines is 1. The van der Waals surface area contributed by atoms with Crippen LogP contribution in [-0.4, -0.2) is 17.8 Å². The van der Waals surface area contributed by atoms with Crippen molar-refractivity contribution in [2.75, 3.05) is 4.90 Å². The second-order valence-corrected chi connectivity index (χ2v) is 6.00. The van der Waals surface area contributed by atoms with Gasteiger partial charge in [0.05, 0.1) is 23.8 Å². The molecule has 0 N–H and O–H groups in total. The highest BCUT2D eigenvalue weighted by Crippen LogP contribution is 2.40. The van der Waals surface area contributed by atoms with E-state index >= 15 is 0 Å². The number of ether oxygens (including phenoxy) is 1. The topological polar surface area (TPSA) is 76.8 Å². The van der Waals surface area contributed by atoms with Crippen LogP contribution >= 0.6 is 0 Å². The van der Waals surface area contributed by atoms with Gasteiger partial charge in [-0.3, -0.25) is 9.59 Å². The lowest BCUT2D eigenvalue weighted by atomic mass is 9.85. The van der Waals surface area contributed by atoms with E-state index in [1.807, 2.05) is 12.2 Å². The summed E-state index contributed by atoms with van der Waals surface area (Å²) in [5, 5.41) is 0. The molecule has 1 aliphatic heterocycles. The summed E-state index contributed by atoms with van der Waals surface area (Å²) >= 11 is 0. The molecule has 0 saturated carbocycles. The van der Waals surface area contributed by atoms with Crippen LogP contribution in [0.15, 0.2) is 59.2 Å². The number of rotatable bonds is 3. The average molecular weight is 337 g/mol. The molecule has 1 aromatic heterocycles. The Bertz CT molecular complexity index is 842. The van der Waals surface area contributed by atoms with Crippen LogP contribution in [-0.2, 0) is 9.59 Å². The molecule has 2 atom stereocenters. The molecule has 25 heavy (non-hydrogen) atoms. The van der Waals surface area contributed by atoms with Crippen molar-refractivity contribution in [3.8, 4) is 5.75 Å². The Hall–Kier alpha value is -3.15. The molecule has 2 amide bonds. The molecule has 2 aromatic rings. The van der Waals surface area contributed by atoms with E-state index in [0.717, 1.165) is 4.90 Å². The van der Waals surface area contributed by atoms with Crippen LogP contribution in [0.3, 0.4) is 0 Å². The first-order valence-electron chi connectivity index (χ1n) is 8.04. The van der Waals surface area contributed by atoms with Crippen molar-refractivity contribution in [3.63, 3.8) is 0 Å². The number of hydrogen-bond donors (Lipinski definition) is 0. The summed E-state index contributed by atoms with van der Waals surface area (Å²) in [6.45, 7) is 0. The smallest absolute Gasteiger partial charge is 0.379 e. The van der Waals surface area contributed by atoms with Crippen LogP contribution in [0.5, 0.6) is 5.75 Å². The maximum atomic E-state index is 12.7. The summed E-state index contributed by atoms with van der Waals surface area (Å²) in [5.74, 6) is -1.67. The van der Waals surface area contributed by atoms with Gasteiger partial charge in [0.1, 0.15) is 0 Å². The molecule has 0 bridgehead atoms. The fourth-order valence-corrected chi connectivity index (χ4v) is 3.31. The number of hydrogen-bond acceptors (Lipinski definition) is 5. The van der Waals surface area contributed by atoms with Crippen LogP contribution in [0.2, 0.25) is 0 Å². The highest BCUT2D eigenvalue weighted by molar-refractivity contribution is 6.23. The van der Waals surface area contributed by atoms with Crippen molar-refractivity contribution in [2.45, 2.75) is 12.8 Å². The largest absolute Gasteiger partial charge is 0.457 e. The number of allylic oxidation sites excluding steroid dienone is 2. The Balaban J connectivity index is 1.66. The number of carbonyl (C=O) groups is 3. The van der Waals surface area contributed by atoms with E-state index in [1.165, 1.54) is 12.3 Å². The molecule has 2 heterocycles. The van der Waals surface area contributed by atoms with Crippen LogP contribution in [0.25, 0.3) is 0 Å². The molecule has 4 rings (SSSR count). The highest BCUT2D eigenvalue weighted by atomic mass is 16.5. The molecule has 126 valence electrons. The maximum Gasteiger partial charge on any atom is 0.379 e. The third-order valence-corrected chi connectivity index (χ3v) is 4.54. The van der Waals surface area contributed by atoms with E-state index in [2.05, 4.69) is 0 Å². The van der Waals surface area contributed by atoms with Gasteiger partial charge in [0.25, 0.3) is 0 Å². The van der Waals surface area contributed by atoms with Crippen molar-refractivity contribution >= 4 is 23.5 Å². The van der Waals surface area contributed by atoms with Gasteiger partial charge in [0.2, 0.25) is 17.6 Å². The molecule has 1 aromatic carbocycles. The Morgan fingerprint density at radius 2 is 1.68 bits per heavy atom. The van der Waals surface area contributed by atoms with Gasteiger partial charge in [-0.1, -0.05) is 24.3 Å². The lowest BCUT2D eigenvalue weighted by Gasteiger charge is -2.18. The van der Waals surface area contributed by atoms with Gasteiger partial charge in [-0.2, -0.15) is 0 Å². The van der Waals surface area contributed by atoms with E-state index in [1.54, 1.807) is 30.3 Å². The summed E-state index contributed by atoms with van der Waals surface area (Å²) in [6, 6.07) is 9.58. The number of nitrogens with zero attached hydrogens (tertiary/aromatic N) is 1. The van der Waals surface area contributed by atoms with Crippen molar-refractivity contribution in [3.05, 3.63) is 60.6 Å². The standard InChI is InChI=1S/C19H15NO5/c21-17-12-6-1-2-7-13(12)18(22)20(17)14-8-3-4-9-15(14)25-19(23)16-10-5-11-24-16/h1-5,8-13H,6-7H2. The summed E-state index contributed by atoms with van der Waals surface area (Å²) in [7, 11) is 0. The van der Waals surface area contributed by atoms with Gasteiger partial charge in [0, 0.05) is 0 Å². The SMILES string of the molecule is O=C(Oc1ccccc1N1C(=O)C2CC=CCC2C1=O)c1ccco1. The number of carbonyl (C=O) groups excluding carboxylic acids is 3. The average Bonchev–Trinajstić information content (AvgIpc) is 3.25. The van der Waals surface area contributed by atoms with Crippen molar-refractivity contribution in [1.29, 1.82) is 0 Å². The molecule has 1 aliphatic carbocycles. The molecule has 1 fully saturated rings. The summed E-state index contributed by atoms with van der Waals surface area (Å²) in [6.07, 6.45) is 6.34. The summed E-state index contributed by atoms with van der Waals surface area (Å²) in [5.41, 5.74) is 0.284. The highest BCUT2D eigenvalue weighted by Gasteiger charge is 2.48. The monoisotopic (exact) mass is 337 g/mol. The number of benzene rings is 1. The third-order valence-electron chi connectivity index (χ3n) is 4.54. The molecule has 1 saturated heterocycles. The zero-order valence-corrected chi connectivity index (χ0v) is 13.3. The zero-order chi connectivity index (χ0) is 17.4. The van der Waals surface area contributed by atoms with E-state index in [4.69, 9.17) is 9.15 Å². The number of imide groups is 1. The van der Waals surface area contributed by atoms with E-state index in [0.29, 0.717) is 12.8 Å². The number of para-hydroxylation sites is 2. The summed E-state index contributed by atoms with van der Waals surface area (Å²) in [4.78, 5) is 38.7. The van der Waals surface area contributed by atoms with Crippen LogP contribution in [0.4, 0.5) is 5.69 Å². The number of amides is 2. The van der Waals surface area contributed by atoms with Gasteiger partial charge in [-0.25, -0.2) is 9.69 Å². The molecule has 0 spiro atoms. The van der Waals surface area contributed by atoms with Crippen molar-refractivity contribution in [2.24, 2.45) is 11.8 Å². The molecule has 0 radical (unpaired) electrons. The van der Waals surface area contributed by atoms with Gasteiger partial charge in [0.15, 0.2) is 5.75 Å². The molecule has 2 aliphatic rings. The Morgan fingerprint density at radius 3 is 2.32 bits per heavy atom. The minimum atomic E-state index is -0.685. The fraction of sp³-hybridized carbons (Fsp3) is 0.211. The third kappa shape index (κ3) is 2.55. The first kappa shape index (κ1) is 15.4. The molecule has 2 unspecified atom stereocenters. The zero-order valence-electron chi connectivity index (χ0n) is 13.3. The summed E-state index contributed by atoms with van der Waals surface area (Å²) < 4.78 is 10.4. The minimum Gasteiger partial charge on any atom is -0.457 e. The molecular formula is C19H15NO5. The lowest BCUT2D eigenvalue weighted by Crippen LogP contribution is -2.31. The predicted molar refractivity (Wildman–Crippen MR) is 88.0 cm³/mol. The van der Waals surface area contributed by atoms with Crippen LogP contribution in [0, 0.1) is 11.8 Å². The maximum absolute atomic E-state index is 12.7. The van der Waals surface area contributed by atoms with Gasteiger partial charge in [-0.15, -0.1) is 0 Å². The van der Waals surface area contributed by atoms with Gasteiger partial charge in [-0.05, 0) is 37.1 Å². The first-order valence-corrected chi connectivity index (χ1v) is 8.04. The van der Waals surface area contributed by atoms with Crippen molar-refractivity contribution in [1.82, 2.24) is 0 Å². The molecular weight excluding hydrogens is 322 g/mol. The second kappa shape index (κ2) is 6.05. The van der Waals surface area contributed by atoms with Crippen LogP contribution in [0.1, 0.15) is 23.4 Å². The minimum absolute atomic E-state index is 0.0479. The number of esters is 1. The quantitative estimate of drug-likeness (QED) is 0.372.